The van der Waals surface area contributed by atoms with Gasteiger partial charge in [-0.25, -0.2) is 9.18 Å². The summed E-state index contributed by atoms with van der Waals surface area (Å²) in [4.78, 5) is 11.4. The van der Waals surface area contributed by atoms with Gasteiger partial charge in [0.1, 0.15) is 11.4 Å². The van der Waals surface area contributed by atoms with E-state index >= 15 is 0 Å². The van der Waals surface area contributed by atoms with E-state index in [4.69, 9.17) is 10.00 Å². The second-order valence-electron chi connectivity index (χ2n) is 5.81. The molecule has 0 aliphatic heterocycles. The molecule has 0 aromatic heterocycles. The van der Waals surface area contributed by atoms with Gasteiger partial charge in [0.05, 0.1) is 12.5 Å². The summed E-state index contributed by atoms with van der Waals surface area (Å²) in [5.41, 5.74) is 0.700. The van der Waals surface area contributed by atoms with Crippen LogP contribution in [0.2, 0.25) is 0 Å². The van der Waals surface area contributed by atoms with Crippen molar-refractivity contribution in [2.45, 2.75) is 39.2 Å². The highest BCUT2D eigenvalue weighted by Gasteiger charge is 2.15. The van der Waals surface area contributed by atoms with E-state index in [9.17, 15) is 9.18 Å². The van der Waals surface area contributed by atoms with Gasteiger partial charge in [-0.15, -0.1) is 0 Å². The van der Waals surface area contributed by atoms with Gasteiger partial charge in [-0.1, -0.05) is 18.2 Å². The predicted octanol–water partition coefficient (Wildman–Crippen LogP) is 3.82. The van der Waals surface area contributed by atoms with Crippen molar-refractivity contribution in [3.05, 3.63) is 41.2 Å². The van der Waals surface area contributed by atoms with Gasteiger partial charge >= 0.3 is 6.09 Å². The molecule has 1 N–H and O–H groups in total. The minimum atomic E-state index is -0.509. The van der Waals surface area contributed by atoms with Crippen LogP contribution in [-0.4, -0.2) is 18.2 Å². The summed E-state index contributed by atoms with van der Waals surface area (Å²) >= 11 is 0. The molecule has 0 saturated heterocycles. The lowest BCUT2D eigenvalue weighted by atomic mass is 10.1. The molecule has 22 heavy (non-hydrogen) atoms. The van der Waals surface area contributed by atoms with Crippen LogP contribution in [0.25, 0.3) is 6.08 Å². The largest absolute Gasteiger partial charge is 0.444 e. The van der Waals surface area contributed by atoms with Crippen LogP contribution < -0.4 is 5.32 Å². The zero-order chi connectivity index (χ0) is 16.6. The maximum absolute atomic E-state index is 13.4. The Morgan fingerprint density at radius 1 is 1.45 bits per heavy atom. The van der Waals surface area contributed by atoms with Crippen LogP contribution in [0.3, 0.4) is 0 Å². The Labute approximate surface area is 130 Å². The zero-order valence-corrected chi connectivity index (χ0v) is 13.1. The summed E-state index contributed by atoms with van der Waals surface area (Å²) < 4.78 is 18.5. The quantitative estimate of drug-likeness (QED) is 0.841. The molecular formula is C17H21FN2O2. The molecule has 1 amide bonds. The van der Waals surface area contributed by atoms with Crippen molar-refractivity contribution in [1.29, 1.82) is 5.26 Å². The Morgan fingerprint density at radius 2 is 2.18 bits per heavy atom. The third kappa shape index (κ3) is 6.89. The number of halogens is 1. The van der Waals surface area contributed by atoms with Crippen LogP contribution in [0.5, 0.6) is 0 Å². The SMILES string of the molecule is CC(C)(C)OC(=O)NCCC=Cc1ccc(F)c(CC#N)c1. The zero-order valence-electron chi connectivity index (χ0n) is 13.1. The molecule has 118 valence electrons. The topological polar surface area (TPSA) is 62.1 Å². The summed E-state index contributed by atoms with van der Waals surface area (Å²) in [6.07, 6.45) is 3.94. The summed E-state index contributed by atoms with van der Waals surface area (Å²) in [6.45, 7) is 5.87. The Hall–Kier alpha value is -2.35. The van der Waals surface area contributed by atoms with Crippen LogP contribution in [0.4, 0.5) is 9.18 Å². The number of ether oxygens (including phenoxy) is 1. The number of rotatable bonds is 5. The number of carbonyl (C=O) groups excluding carboxylic acids is 1. The van der Waals surface area contributed by atoms with Gasteiger partial charge < -0.3 is 10.1 Å². The number of carbonyl (C=O) groups is 1. The van der Waals surface area contributed by atoms with Gasteiger partial charge in [0, 0.05) is 12.1 Å². The Bertz CT molecular complexity index is 583. The predicted molar refractivity (Wildman–Crippen MR) is 83.6 cm³/mol. The van der Waals surface area contributed by atoms with Gasteiger partial charge in [0.15, 0.2) is 0 Å². The van der Waals surface area contributed by atoms with Crippen molar-refractivity contribution in [3.63, 3.8) is 0 Å². The first kappa shape index (κ1) is 17.7. The first-order chi connectivity index (χ1) is 10.3. The lowest BCUT2D eigenvalue weighted by Gasteiger charge is -2.19. The van der Waals surface area contributed by atoms with Crippen molar-refractivity contribution < 1.29 is 13.9 Å². The maximum Gasteiger partial charge on any atom is 0.407 e. The molecule has 0 fully saturated rings. The maximum atomic E-state index is 13.4. The summed E-state index contributed by atoms with van der Waals surface area (Å²) in [6, 6.07) is 6.58. The lowest BCUT2D eigenvalue weighted by Crippen LogP contribution is -2.32. The first-order valence-corrected chi connectivity index (χ1v) is 7.10. The fourth-order valence-corrected chi connectivity index (χ4v) is 1.71. The Balaban J connectivity index is 2.42. The number of nitrogens with zero attached hydrogens (tertiary/aromatic N) is 1. The van der Waals surface area contributed by atoms with E-state index in [1.807, 2.05) is 18.2 Å². The molecule has 0 atom stereocenters. The number of nitrogens with one attached hydrogen (secondary N) is 1. The average Bonchev–Trinajstić information content (AvgIpc) is 2.40. The Kier molecular flexibility index (Phi) is 6.58. The van der Waals surface area contributed by atoms with Crippen molar-refractivity contribution in [3.8, 4) is 6.07 Å². The fourth-order valence-electron chi connectivity index (χ4n) is 1.71. The molecule has 1 aromatic rings. The van der Waals surface area contributed by atoms with Crippen molar-refractivity contribution in [1.82, 2.24) is 5.32 Å². The smallest absolute Gasteiger partial charge is 0.407 e. The average molecular weight is 304 g/mol. The van der Waals surface area contributed by atoms with Crippen LogP contribution in [0.1, 0.15) is 38.3 Å². The molecule has 0 aliphatic rings. The number of alkyl carbamates (subject to hydrolysis) is 1. The van der Waals surface area contributed by atoms with E-state index in [0.717, 1.165) is 5.56 Å². The number of benzene rings is 1. The first-order valence-electron chi connectivity index (χ1n) is 7.10. The molecule has 0 spiro atoms. The standard InChI is InChI=1S/C17H21FN2O2/c1-17(2,3)22-16(21)20-11-5-4-6-13-7-8-15(18)14(12-13)9-10-19/h4,6-8,12H,5,9,11H2,1-3H3,(H,20,21). The molecule has 0 unspecified atom stereocenters. The molecule has 0 saturated carbocycles. The minimum absolute atomic E-state index is 0.0493. The van der Waals surface area contributed by atoms with Crippen molar-refractivity contribution in [2.24, 2.45) is 0 Å². The number of nitriles is 1. The van der Waals surface area contributed by atoms with Gasteiger partial charge in [-0.3, -0.25) is 0 Å². The molecule has 0 heterocycles. The fraction of sp³-hybridized carbons (Fsp3) is 0.412. The van der Waals surface area contributed by atoms with E-state index in [0.29, 0.717) is 18.5 Å². The second kappa shape index (κ2) is 8.18. The summed E-state index contributed by atoms with van der Waals surface area (Å²) in [5.74, 6) is -0.370. The lowest BCUT2D eigenvalue weighted by molar-refractivity contribution is 0.0529. The molecule has 1 rings (SSSR count). The van der Waals surface area contributed by atoms with E-state index in [2.05, 4.69) is 5.32 Å². The molecule has 1 aromatic carbocycles. The second-order valence-corrected chi connectivity index (χ2v) is 5.81. The highest BCUT2D eigenvalue weighted by atomic mass is 19.1. The molecular weight excluding hydrogens is 283 g/mol. The highest BCUT2D eigenvalue weighted by Crippen LogP contribution is 2.12. The van der Waals surface area contributed by atoms with Crippen LogP contribution in [0.15, 0.2) is 24.3 Å². The van der Waals surface area contributed by atoms with Crippen LogP contribution in [-0.2, 0) is 11.2 Å². The number of hydrogen-bond donors (Lipinski definition) is 1. The van der Waals surface area contributed by atoms with Crippen LogP contribution in [0, 0.1) is 17.1 Å². The van der Waals surface area contributed by atoms with E-state index in [-0.39, 0.29) is 12.2 Å². The summed E-state index contributed by atoms with van der Waals surface area (Å²) in [5, 5.41) is 11.3. The van der Waals surface area contributed by atoms with Gasteiger partial charge in [0.25, 0.3) is 0 Å². The molecule has 0 bridgehead atoms. The summed E-state index contributed by atoms with van der Waals surface area (Å²) in [7, 11) is 0. The third-order valence-electron chi connectivity index (χ3n) is 2.63. The van der Waals surface area contributed by atoms with E-state index < -0.39 is 11.7 Å². The molecule has 0 radical (unpaired) electrons. The molecule has 5 heteroatoms. The number of amides is 1. The van der Waals surface area contributed by atoms with Gasteiger partial charge in [-0.2, -0.15) is 5.26 Å². The number of hydrogen-bond acceptors (Lipinski definition) is 3. The van der Waals surface area contributed by atoms with Crippen LogP contribution >= 0.6 is 0 Å². The van der Waals surface area contributed by atoms with Gasteiger partial charge in [-0.05, 0) is 44.9 Å². The van der Waals surface area contributed by atoms with Crippen molar-refractivity contribution >= 4 is 12.2 Å². The Morgan fingerprint density at radius 3 is 2.82 bits per heavy atom. The molecule has 4 nitrogen and oxygen atoms in total. The van der Waals surface area contributed by atoms with E-state index in [1.165, 1.54) is 6.07 Å². The highest BCUT2D eigenvalue weighted by molar-refractivity contribution is 5.67. The van der Waals surface area contributed by atoms with Gasteiger partial charge in [0.2, 0.25) is 0 Å². The monoisotopic (exact) mass is 304 g/mol. The molecule has 0 aliphatic carbocycles. The van der Waals surface area contributed by atoms with E-state index in [1.54, 1.807) is 32.9 Å². The third-order valence-corrected chi connectivity index (χ3v) is 2.63. The normalized spacial score (nSPS) is 11.2. The van der Waals surface area contributed by atoms with Crippen molar-refractivity contribution in [2.75, 3.05) is 6.54 Å². The minimum Gasteiger partial charge on any atom is -0.444 e.